The molecule has 2 fully saturated rings. The summed E-state index contributed by atoms with van der Waals surface area (Å²) in [6.07, 6.45) is 9.87. The predicted molar refractivity (Wildman–Crippen MR) is 98.5 cm³/mol. The van der Waals surface area contributed by atoms with Crippen LogP contribution in [0.15, 0.2) is 57.7 Å². The van der Waals surface area contributed by atoms with Gasteiger partial charge in [0.1, 0.15) is 0 Å². The smallest absolute Gasteiger partial charge is 0.0642 e. The maximum Gasteiger partial charge on any atom is 0.0642 e. The van der Waals surface area contributed by atoms with Gasteiger partial charge in [-0.2, -0.15) is 0 Å². The molecule has 2 saturated heterocycles. The van der Waals surface area contributed by atoms with E-state index in [0.717, 1.165) is 59.0 Å². The van der Waals surface area contributed by atoms with Crippen molar-refractivity contribution >= 4 is 11.8 Å². The average Bonchev–Trinajstić information content (AvgIpc) is 2.89. The van der Waals surface area contributed by atoms with Crippen molar-refractivity contribution in [2.24, 2.45) is 0 Å². The van der Waals surface area contributed by atoms with Gasteiger partial charge in [0.25, 0.3) is 0 Å². The van der Waals surface area contributed by atoms with Gasteiger partial charge in [0.2, 0.25) is 0 Å². The Kier molecular flexibility index (Phi) is 5.11. The first-order chi connectivity index (χ1) is 11.9. The number of ether oxygens (including phenoxy) is 2. The van der Waals surface area contributed by atoms with Crippen LogP contribution in [0.25, 0.3) is 0 Å². The summed E-state index contributed by atoms with van der Waals surface area (Å²) in [5, 5.41) is 4.63. The van der Waals surface area contributed by atoms with Crippen LogP contribution in [-0.2, 0) is 9.47 Å². The quantitative estimate of drug-likeness (QED) is 0.767. The molecule has 0 amide bonds. The maximum absolute atomic E-state index is 5.52. The summed E-state index contributed by atoms with van der Waals surface area (Å²) in [6, 6.07) is 0. The first-order valence-electron chi connectivity index (χ1n) is 8.70. The lowest BCUT2D eigenvalue weighted by Crippen LogP contribution is -2.37. The lowest BCUT2D eigenvalue weighted by Gasteiger charge is -2.35. The molecular formula is C19H24N2O2S. The molecule has 0 radical (unpaired) electrons. The van der Waals surface area contributed by atoms with E-state index in [1.54, 1.807) is 11.8 Å². The van der Waals surface area contributed by atoms with Crippen molar-refractivity contribution in [3.8, 4) is 0 Å². The normalized spacial score (nSPS) is 29.3. The molecule has 4 aliphatic rings. The van der Waals surface area contributed by atoms with Gasteiger partial charge >= 0.3 is 0 Å². The lowest BCUT2D eigenvalue weighted by molar-refractivity contribution is 0.0539. The van der Waals surface area contributed by atoms with Gasteiger partial charge < -0.3 is 19.3 Å². The van der Waals surface area contributed by atoms with Crippen molar-refractivity contribution < 1.29 is 9.47 Å². The highest BCUT2D eigenvalue weighted by molar-refractivity contribution is 8.04. The molecule has 0 aromatic heterocycles. The van der Waals surface area contributed by atoms with Gasteiger partial charge in [0.15, 0.2) is 0 Å². The van der Waals surface area contributed by atoms with Crippen LogP contribution in [-0.4, -0.2) is 62.4 Å². The Balaban J connectivity index is 1.64. The van der Waals surface area contributed by atoms with E-state index in [4.69, 9.17) is 9.47 Å². The molecule has 0 N–H and O–H groups in total. The fourth-order valence-electron chi connectivity index (χ4n) is 3.50. The average molecular weight is 344 g/mol. The van der Waals surface area contributed by atoms with E-state index in [2.05, 4.69) is 44.9 Å². The SMILES string of the molecule is C1=CC=C2CC(=C1)/C(N1CCOCC1)=C\S/C=C\2N1CCOCC1. The summed E-state index contributed by atoms with van der Waals surface area (Å²) in [5.41, 5.74) is 5.53. The predicted octanol–water partition coefficient (Wildman–Crippen LogP) is 2.89. The first-order valence-corrected chi connectivity index (χ1v) is 9.64. The molecule has 1 aliphatic carbocycles. The van der Waals surface area contributed by atoms with E-state index >= 15 is 0 Å². The Bertz CT molecular complexity index is 569. The minimum Gasteiger partial charge on any atom is -0.378 e. The number of thioether (sulfide) groups is 1. The fourth-order valence-corrected chi connectivity index (χ4v) is 4.42. The minimum atomic E-state index is 0.822. The van der Waals surface area contributed by atoms with Gasteiger partial charge in [-0.1, -0.05) is 24.3 Å². The Morgan fingerprint density at radius 3 is 1.62 bits per heavy atom. The Morgan fingerprint density at radius 1 is 0.708 bits per heavy atom. The third-order valence-corrected chi connectivity index (χ3v) is 5.53. The molecule has 0 spiro atoms. The van der Waals surface area contributed by atoms with Crippen LogP contribution in [0.3, 0.4) is 0 Å². The van der Waals surface area contributed by atoms with E-state index in [9.17, 15) is 0 Å². The van der Waals surface area contributed by atoms with Crippen LogP contribution in [0.1, 0.15) is 6.42 Å². The van der Waals surface area contributed by atoms with Crippen LogP contribution in [0, 0.1) is 0 Å². The largest absolute Gasteiger partial charge is 0.378 e. The second-order valence-corrected chi connectivity index (χ2v) is 7.03. The molecule has 0 aromatic rings. The molecule has 3 heterocycles. The van der Waals surface area contributed by atoms with E-state index in [0.29, 0.717) is 0 Å². The molecule has 4 rings (SSSR count). The fraction of sp³-hybridized carbons (Fsp3) is 0.474. The van der Waals surface area contributed by atoms with Crippen LogP contribution in [0.4, 0.5) is 0 Å². The Morgan fingerprint density at radius 2 is 1.17 bits per heavy atom. The second-order valence-electron chi connectivity index (χ2n) is 6.29. The van der Waals surface area contributed by atoms with Crippen LogP contribution in [0.2, 0.25) is 0 Å². The van der Waals surface area contributed by atoms with Gasteiger partial charge in [0, 0.05) is 44.0 Å². The topological polar surface area (TPSA) is 24.9 Å². The highest BCUT2D eigenvalue weighted by Crippen LogP contribution is 2.35. The van der Waals surface area contributed by atoms with Crippen LogP contribution in [0.5, 0.6) is 0 Å². The van der Waals surface area contributed by atoms with Crippen molar-refractivity contribution in [2.75, 3.05) is 52.6 Å². The zero-order valence-electron chi connectivity index (χ0n) is 13.9. The molecule has 3 aliphatic heterocycles. The first kappa shape index (κ1) is 16.1. The van der Waals surface area contributed by atoms with Crippen LogP contribution >= 0.6 is 11.8 Å². The maximum atomic E-state index is 5.52. The summed E-state index contributed by atoms with van der Waals surface area (Å²) in [5.74, 6) is 0. The summed E-state index contributed by atoms with van der Waals surface area (Å²) >= 11 is 1.80. The molecule has 24 heavy (non-hydrogen) atoms. The highest BCUT2D eigenvalue weighted by atomic mass is 32.2. The summed E-state index contributed by atoms with van der Waals surface area (Å²) < 4.78 is 11.0. The molecule has 5 heteroatoms. The molecular weight excluding hydrogens is 320 g/mol. The third-order valence-electron chi connectivity index (χ3n) is 4.81. The van der Waals surface area contributed by atoms with Gasteiger partial charge in [-0.15, -0.1) is 11.8 Å². The van der Waals surface area contributed by atoms with Crippen molar-refractivity contribution in [1.82, 2.24) is 9.80 Å². The van der Waals surface area contributed by atoms with Gasteiger partial charge in [0.05, 0.1) is 26.4 Å². The lowest BCUT2D eigenvalue weighted by atomic mass is 9.99. The number of rotatable bonds is 2. The molecule has 0 atom stereocenters. The van der Waals surface area contributed by atoms with Gasteiger partial charge in [-0.05, 0) is 22.0 Å². The zero-order chi connectivity index (χ0) is 16.2. The second kappa shape index (κ2) is 7.64. The van der Waals surface area contributed by atoms with Gasteiger partial charge in [-0.3, -0.25) is 0 Å². The van der Waals surface area contributed by atoms with E-state index in [-0.39, 0.29) is 0 Å². The number of hydrogen-bond acceptors (Lipinski definition) is 5. The van der Waals surface area contributed by atoms with E-state index in [1.165, 1.54) is 22.5 Å². The number of fused-ring (bicyclic) bond motifs is 2. The Hall–Kier alpha value is -1.43. The summed E-state index contributed by atoms with van der Waals surface area (Å²) in [6.45, 7) is 7.20. The zero-order valence-corrected chi connectivity index (χ0v) is 14.8. The summed E-state index contributed by atoms with van der Waals surface area (Å²) in [7, 11) is 0. The third kappa shape index (κ3) is 3.48. The van der Waals surface area contributed by atoms with E-state index < -0.39 is 0 Å². The van der Waals surface area contributed by atoms with Crippen molar-refractivity contribution in [1.29, 1.82) is 0 Å². The molecule has 4 nitrogen and oxygen atoms in total. The minimum absolute atomic E-state index is 0.822. The molecule has 128 valence electrons. The molecule has 0 aromatic carbocycles. The number of morpholine rings is 2. The molecule has 0 unspecified atom stereocenters. The number of allylic oxidation sites excluding steroid dienone is 6. The molecule has 0 saturated carbocycles. The highest BCUT2D eigenvalue weighted by Gasteiger charge is 2.23. The van der Waals surface area contributed by atoms with Gasteiger partial charge in [-0.25, -0.2) is 0 Å². The van der Waals surface area contributed by atoms with Crippen molar-refractivity contribution in [3.05, 3.63) is 57.7 Å². The number of hydrogen-bond donors (Lipinski definition) is 0. The van der Waals surface area contributed by atoms with Crippen LogP contribution < -0.4 is 0 Å². The number of nitrogens with zero attached hydrogens (tertiary/aromatic N) is 2. The Labute approximate surface area is 148 Å². The van der Waals surface area contributed by atoms with E-state index in [1.807, 2.05) is 0 Å². The van der Waals surface area contributed by atoms with Crippen molar-refractivity contribution in [2.45, 2.75) is 6.42 Å². The monoisotopic (exact) mass is 344 g/mol. The summed E-state index contributed by atoms with van der Waals surface area (Å²) in [4.78, 5) is 4.93. The molecule has 2 bridgehead atoms. The van der Waals surface area contributed by atoms with Crippen molar-refractivity contribution in [3.63, 3.8) is 0 Å². The standard InChI is InChI=1S/C19H24N2O2S/c1-2-4-17-13-16(3-1)18(20-5-9-22-10-6-20)14-24-15-19(17)21-7-11-23-12-8-21/h1-4,14-15H,5-13H2/b18-14+,19-15+.